The molecule has 0 spiro atoms. The summed E-state index contributed by atoms with van der Waals surface area (Å²) >= 11 is 0. The Labute approximate surface area is 135 Å². The van der Waals surface area contributed by atoms with Crippen molar-refractivity contribution in [3.8, 4) is 0 Å². The molecule has 3 nitrogen and oxygen atoms in total. The molecule has 0 aliphatic carbocycles. The van der Waals surface area contributed by atoms with Gasteiger partial charge in [-0.1, -0.05) is 58.9 Å². The minimum atomic E-state index is -0.491. The number of carbonyl (C=O) groups is 1. The molecular weight excluding hydrogens is 284 g/mol. The van der Waals surface area contributed by atoms with Crippen LogP contribution in [0.3, 0.4) is 0 Å². The fourth-order valence-electron chi connectivity index (χ4n) is 2.24. The van der Waals surface area contributed by atoms with Crippen molar-refractivity contribution in [1.29, 1.82) is 0 Å². The van der Waals surface area contributed by atoms with Crippen LogP contribution in [0.1, 0.15) is 45.7 Å². The Hall–Kier alpha value is -1.06. The number of rotatable bonds is 4. The Kier molecular flexibility index (Phi) is 6.91. The summed E-state index contributed by atoms with van der Waals surface area (Å²) in [6.07, 6.45) is 0. The first kappa shape index (κ1) is 19.9. The summed E-state index contributed by atoms with van der Waals surface area (Å²) in [6.45, 7) is 12.9. The van der Waals surface area contributed by atoms with Gasteiger partial charge in [0, 0.05) is 12.0 Å². The number of halogens is 1. The van der Waals surface area contributed by atoms with E-state index in [1.807, 2.05) is 32.9 Å². The summed E-state index contributed by atoms with van der Waals surface area (Å²) in [5.41, 5.74) is 8.14. The lowest BCUT2D eigenvalue weighted by atomic mass is 9.81. The molecule has 1 amide bonds. The van der Waals surface area contributed by atoms with Crippen molar-refractivity contribution in [2.24, 2.45) is 11.1 Å². The van der Waals surface area contributed by atoms with Crippen molar-refractivity contribution < 1.29 is 4.79 Å². The molecule has 1 rings (SSSR count). The van der Waals surface area contributed by atoms with Gasteiger partial charge in [0.05, 0.1) is 6.04 Å². The van der Waals surface area contributed by atoms with Crippen molar-refractivity contribution in [2.45, 2.75) is 53.0 Å². The van der Waals surface area contributed by atoms with Gasteiger partial charge in [0.1, 0.15) is 0 Å². The van der Waals surface area contributed by atoms with Crippen molar-refractivity contribution in [3.63, 3.8) is 0 Å². The smallest absolute Gasteiger partial charge is 0.237 e. The quantitative estimate of drug-likeness (QED) is 0.897. The molecule has 21 heavy (non-hydrogen) atoms. The lowest BCUT2D eigenvalue weighted by Crippen LogP contribution is -2.51. The zero-order valence-corrected chi connectivity index (χ0v) is 14.8. The van der Waals surface area contributed by atoms with Crippen molar-refractivity contribution in [1.82, 2.24) is 5.32 Å². The van der Waals surface area contributed by atoms with Crippen LogP contribution in [0.2, 0.25) is 0 Å². The minimum Gasteiger partial charge on any atom is -0.354 e. The van der Waals surface area contributed by atoms with Gasteiger partial charge < -0.3 is 11.1 Å². The number of benzene rings is 1. The highest BCUT2D eigenvalue weighted by Crippen LogP contribution is 2.25. The number of carbonyl (C=O) groups excluding carboxylic acids is 1. The van der Waals surface area contributed by atoms with E-state index in [1.165, 1.54) is 11.1 Å². The molecule has 3 N–H and O–H groups in total. The number of hydrogen-bond acceptors (Lipinski definition) is 2. The summed E-state index contributed by atoms with van der Waals surface area (Å²) < 4.78 is 0. The first-order chi connectivity index (χ1) is 9.05. The zero-order valence-electron chi connectivity index (χ0n) is 14.0. The summed E-state index contributed by atoms with van der Waals surface area (Å²) in [5, 5.41) is 2.99. The Morgan fingerprint density at radius 1 is 1.19 bits per heavy atom. The van der Waals surface area contributed by atoms with E-state index < -0.39 is 6.04 Å². The topological polar surface area (TPSA) is 55.1 Å². The van der Waals surface area contributed by atoms with Crippen LogP contribution in [0, 0.1) is 12.3 Å². The normalized spacial score (nSPS) is 13.3. The fourth-order valence-corrected chi connectivity index (χ4v) is 2.24. The predicted molar refractivity (Wildman–Crippen MR) is 91.9 cm³/mol. The van der Waals surface area contributed by atoms with Gasteiger partial charge in [0.2, 0.25) is 5.91 Å². The van der Waals surface area contributed by atoms with Gasteiger partial charge in [-0.25, -0.2) is 0 Å². The molecule has 0 saturated heterocycles. The van der Waals surface area contributed by atoms with E-state index in [-0.39, 0.29) is 29.1 Å². The third-order valence-corrected chi connectivity index (χ3v) is 3.79. The molecule has 0 fully saturated rings. The SMILES string of the molecule is Cc1ccccc1C(C)(C)CNC(=O)[C@@H](N)C(C)(C)C.Cl. The summed E-state index contributed by atoms with van der Waals surface area (Å²) in [5.74, 6) is -0.0841. The van der Waals surface area contributed by atoms with Gasteiger partial charge >= 0.3 is 0 Å². The van der Waals surface area contributed by atoms with E-state index in [4.69, 9.17) is 5.73 Å². The van der Waals surface area contributed by atoms with Crippen LogP contribution in [0.4, 0.5) is 0 Å². The Balaban J connectivity index is 0.00000400. The lowest BCUT2D eigenvalue weighted by Gasteiger charge is -2.30. The zero-order chi connectivity index (χ0) is 15.6. The minimum absolute atomic E-state index is 0. The molecule has 4 heteroatoms. The van der Waals surface area contributed by atoms with Gasteiger partial charge in [-0.05, 0) is 23.5 Å². The maximum atomic E-state index is 12.1. The number of hydrogen-bond donors (Lipinski definition) is 2. The van der Waals surface area contributed by atoms with Gasteiger partial charge in [0.15, 0.2) is 0 Å². The maximum absolute atomic E-state index is 12.1. The molecule has 1 aromatic rings. The van der Waals surface area contributed by atoms with E-state index in [1.54, 1.807) is 0 Å². The summed E-state index contributed by atoms with van der Waals surface area (Å²) in [6, 6.07) is 7.79. The van der Waals surface area contributed by atoms with Gasteiger partial charge in [-0.15, -0.1) is 12.4 Å². The first-order valence-electron chi connectivity index (χ1n) is 7.15. The van der Waals surface area contributed by atoms with E-state index in [2.05, 4.69) is 38.2 Å². The highest BCUT2D eigenvalue weighted by Gasteiger charge is 2.29. The van der Waals surface area contributed by atoms with Crippen molar-refractivity contribution >= 4 is 18.3 Å². The largest absolute Gasteiger partial charge is 0.354 e. The molecule has 0 saturated carbocycles. The van der Waals surface area contributed by atoms with Crippen molar-refractivity contribution in [2.75, 3.05) is 6.54 Å². The van der Waals surface area contributed by atoms with E-state index in [0.717, 1.165) is 0 Å². The molecule has 0 radical (unpaired) electrons. The van der Waals surface area contributed by atoms with E-state index in [0.29, 0.717) is 6.54 Å². The second kappa shape index (κ2) is 7.28. The molecule has 0 aliphatic rings. The monoisotopic (exact) mass is 312 g/mol. The van der Waals surface area contributed by atoms with Gasteiger partial charge in [0.25, 0.3) is 0 Å². The second-order valence-electron chi connectivity index (χ2n) is 7.26. The standard InChI is InChI=1S/C17H28N2O.ClH/c1-12-9-7-8-10-13(12)17(5,6)11-19-15(20)14(18)16(2,3)4;/h7-10,14H,11,18H2,1-6H3,(H,19,20);1H/t14-;/m1./s1. The molecule has 1 aromatic carbocycles. The van der Waals surface area contributed by atoms with E-state index in [9.17, 15) is 4.79 Å². The average molecular weight is 313 g/mol. The first-order valence-corrected chi connectivity index (χ1v) is 7.15. The van der Waals surface area contributed by atoms with Crippen LogP contribution >= 0.6 is 12.4 Å². The van der Waals surface area contributed by atoms with Crippen LogP contribution in [0.25, 0.3) is 0 Å². The van der Waals surface area contributed by atoms with Crippen LogP contribution in [-0.4, -0.2) is 18.5 Å². The molecule has 1 atom stereocenters. The molecule has 0 aromatic heterocycles. The highest BCUT2D eigenvalue weighted by atomic mass is 35.5. The fraction of sp³-hybridized carbons (Fsp3) is 0.588. The van der Waals surface area contributed by atoms with Gasteiger partial charge in [-0.3, -0.25) is 4.79 Å². The number of nitrogens with one attached hydrogen (secondary N) is 1. The van der Waals surface area contributed by atoms with Crippen LogP contribution < -0.4 is 11.1 Å². The molecule has 0 aliphatic heterocycles. The predicted octanol–water partition coefficient (Wildman–Crippen LogP) is 3.18. The molecule has 0 bridgehead atoms. The molecule has 0 heterocycles. The number of nitrogens with two attached hydrogens (primary N) is 1. The van der Waals surface area contributed by atoms with Gasteiger partial charge in [-0.2, -0.15) is 0 Å². The molecular formula is C17H29ClN2O. The second-order valence-corrected chi connectivity index (χ2v) is 7.26. The molecule has 120 valence electrons. The van der Waals surface area contributed by atoms with Crippen LogP contribution in [0.5, 0.6) is 0 Å². The van der Waals surface area contributed by atoms with Crippen LogP contribution in [0.15, 0.2) is 24.3 Å². The summed E-state index contributed by atoms with van der Waals surface area (Å²) in [4.78, 5) is 12.1. The average Bonchev–Trinajstić information content (AvgIpc) is 2.34. The molecule has 0 unspecified atom stereocenters. The maximum Gasteiger partial charge on any atom is 0.237 e. The third-order valence-electron chi connectivity index (χ3n) is 3.79. The summed E-state index contributed by atoms with van der Waals surface area (Å²) in [7, 11) is 0. The Morgan fingerprint density at radius 3 is 2.19 bits per heavy atom. The Bertz CT molecular complexity index is 478. The lowest BCUT2D eigenvalue weighted by molar-refractivity contribution is -0.124. The van der Waals surface area contributed by atoms with Crippen LogP contribution in [-0.2, 0) is 10.2 Å². The van der Waals surface area contributed by atoms with Crippen molar-refractivity contribution in [3.05, 3.63) is 35.4 Å². The van der Waals surface area contributed by atoms with E-state index >= 15 is 0 Å². The number of amides is 1. The third kappa shape index (κ3) is 5.33. The Morgan fingerprint density at radius 2 is 1.71 bits per heavy atom. The number of aryl methyl sites for hydroxylation is 1. The highest BCUT2D eigenvalue weighted by molar-refractivity contribution is 5.85.